The molecule has 0 aromatic carbocycles. The first-order chi connectivity index (χ1) is 11.0. The molecule has 0 saturated carbocycles. The summed E-state index contributed by atoms with van der Waals surface area (Å²) in [4.78, 5) is 23.2. The van der Waals surface area contributed by atoms with Crippen molar-refractivity contribution < 1.29 is 44.6 Å². The van der Waals surface area contributed by atoms with E-state index in [0.29, 0.717) is 0 Å². The molecule has 1 heterocycles. The highest BCUT2D eigenvalue weighted by molar-refractivity contribution is 5.78. The van der Waals surface area contributed by atoms with E-state index in [1.807, 2.05) is 0 Å². The second-order valence-electron chi connectivity index (χ2n) is 5.62. The third-order valence-electron chi connectivity index (χ3n) is 3.69. The van der Waals surface area contributed by atoms with Crippen LogP contribution in [-0.4, -0.2) is 86.5 Å². The Bertz CT molecular complexity index is 476. The second-order valence-corrected chi connectivity index (χ2v) is 5.62. The number of hydrogen-bond acceptors (Lipinski definition) is 10. The Labute approximate surface area is 138 Å². The molecule has 6 atom stereocenters. The Hall–Kier alpha value is -1.34. The predicted octanol–water partition coefficient (Wildman–Crippen LogP) is -4.11. The lowest BCUT2D eigenvalue weighted by atomic mass is 9.83. The van der Waals surface area contributed by atoms with Gasteiger partial charge in [-0.1, -0.05) is 0 Å². The molecule has 1 amide bonds. The summed E-state index contributed by atoms with van der Waals surface area (Å²) >= 11 is 0. The third kappa shape index (κ3) is 4.00. The van der Waals surface area contributed by atoms with Gasteiger partial charge in [-0.2, -0.15) is 0 Å². The molecule has 8 N–H and O–H groups in total. The van der Waals surface area contributed by atoms with Crippen LogP contribution in [0.15, 0.2) is 0 Å². The molecule has 140 valence electrons. The van der Waals surface area contributed by atoms with Gasteiger partial charge in [0.05, 0.1) is 19.3 Å². The van der Waals surface area contributed by atoms with Crippen LogP contribution in [-0.2, 0) is 19.1 Å². The van der Waals surface area contributed by atoms with Gasteiger partial charge < -0.3 is 46.1 Å². The Kier molecular flexibility index (Phi) is 6.64. The van der Waals surface area contributed by atoms with Gasteiger partial charge in [-0.05, 0) is 6.92 Å². The standard InChI is InChI=1S/C13H24N2O9/c1-3-23-11(21)12(22)4-8(19)13(14,15-6(2)17)10(24-12)9(20)7(18)5-16/h7-10,16,18-20,22H,3-5,14H2,1-2H3,(H,15,17)/t7-,8+,9-,10+,12?,13+/m1/s1. The van der Waals surface area contributed by atoms with Crippen molar-refractivity contribution in [2.75, 3.05) is 13.2 Å². The van der Waals surface area contributed by atoms with E-state index < -0.39 is 60.8 Å². The number of esters is 1. The summed E-state index contributed by atoms with van der Waals surface area (Å²) in [5.74, 6) is -4.58. The van der Waals surface area contributed by atoms with Gasteiger partial charge in [0.25, 0.3) is 5.79 Å². The fourth-order valence-electron chi connectivity index (χ4n) is 2.47. The van der Waals surface area contributed by atoms with Gasteiger partial charge in [0.1, 0.15) is 24.0 Å². The van der Waals surface area contributed by atoms with E-state index in [0.717, 1.165) is 6.92 Å². The third-order valence-corrected chi connectivity index (χ3v) is 3.69. The van der Waals surface area contributed by atoms with E-state index in [1.165, 1.54) is 6.92 Å². The first kappa shape index (κ1) is 20.7. The van der Waals surface area contributed by atoms with Crippen LogP contribution >= 0.6 is 0 Å². The molecule has 1 fully saturated rings. The summed E-state index contributed by atoms with van der Waals surface area (Å²) in [6, 6.07) is 0. The van der Waals surface area contributed by atoms with Crippen molar-refractivity contribution in [1.29, 1.82) is 0 Å². The quantitative estimate of drug-likeness (QED) is 0.182. The number of aliphatic hydroxyl groups excluding tert-OH is 4. The highest BCUT2D eigenvalue weighted by atomic mass is 16.7. The lowest BCUT2D eigenvalue weighted by molar-refractivity contribution is -0.312. The normalized spacial score (nSPS) is 35.8. The monoisotopic (exact) mass is 352 g/mol. The first-order valence-electron chi connectivity index (χ1n) is 7.32. The molecule has 1 rings (SSSR count). The molecule has 0 spiro atoms. The zero-order chi connectivity index (χ0) is 18.7. The van der Waals surface area contributed by atoms with Gasteiger partial charge in [0, 0.05) is 13.3 Å². The molecule has 1 aliphatic rings. The Balaban J connectivity index is 3.24. The van der Waals surface area contributed by atoms with Crippen molar-refractivity contribution in [3.05, 3.63) is 0 Å². The zero-order valence-electron chi connectivity index (χ0n) is 13.4. The largest absolute Gasteiger partial charge is 0.462 e. The number of amides is 1. The van der Waals surface area contributed by atoms with E-state index in [9.17, 15) is 30.0 Å². The predicted molar refractivity (Wildman–Crippen MR) is 76.9 cm³/mol. The number of aliphatic hydroxyl groups is 5. The van der Waals surface area contributed by atoms with Crippen LogP contribution in [0.25, 0.3) is 0 Å². The average molecular weight is 352 g/mol. The molecule has 0 radical (unpaired) electrons. The van der Waals surface area contributed by atoms with Crippen molar-refractivity contribution in [3.8, 4) is 0 Å². The van der Waals surface area contributed by atoms with Crippen LogP contribution in [0, 0.1) is 0 Å². The summed E-state index contributed by atoms with van der Waals surface area (Å²) in [6.45, 7) is 1.57. The maximum atomic E-state index is 11.9. The number of rotatable bonds is 6. The fraction of sp³-hybridized carbons (Fsp3) is 0.846. The van der Waals surface area contributed by atoms with Gasteiger partial charge in [0.15, 0.2) is 0 Å². The molecule has 0 bridgehead atoms. The number of ether oxygens (including phenoxy) is 2. The molecule has 0 aromatic heterocycles. The van der Waals surface area contributed by atoms with Crippen molar-refractivity contribution in [1.82, 2.24) is 5.32 Å². The molecule has 24 heavy (non-hydrogen) atoms. The number of nitrogens with one attached hydrogen (secondary N) is 1. The van der Waals surface area contributed by atoms with Crippen LogP contribution < -0.4 is 11.1 Å². The smallest absolute Gasteiger partial charge is 0.366 e. The van der Waals surface area contributed by atoms with E-state index in [2.05, 4.69) is 10.1 Å². The highest BCUT2D eigenvalue weighted by Crippen LogP contribution is 2.35. The molecule has 1 unspecified atom stereocenters. The van der Waals surface area contributed by atoms with Gasteiger partial charge in [-0.3, -0.25) is 4.79 Å². The van der Waals surface area contributed by atoms with Crippen LogP contribution in [0.3, 0.4) is 0 Å². The lowest BCUT2D eigenvalue weighted by Crippen LogP contribution is -2.79. The Morgan fingerprint density at radius 1 is 1.46 bits per heavy atom. The van der Waals surface area contributed by atoms with Gasteiger partial charge >= 0.3 is 5.97 Å². The summed E-state index contributed by atoms with van der Waals surface area (Å²) < 4.78 is 9.77. The first-order valence-corrected chi connectivity index (χ1v) is 7.32. The summed E-state index contributed by atoms with van der Waals surface area (Å²) in [5.41, 5.74) is 3.77. The van der Waals surface area contributed by atoms with E-state index in [1.54, 1.807) is 0 Å². The number of carbonyl (C=O) groups excluding carboxylic acids is 2. The van der Waals surface area contributed by atoms with Crippen LogP contribution in [0.1, 0.15) is 20.3 Å². The number of nitrogens with two attached hydrogens (primary N) is 1. The minimum absolute atomic E-state index is 0.0907. The van der Waals surface area contributed by atoms with Crippen molar-refractivity contribution in [3.63, 3.8) is 0 Å². The van der Waals surface area contributed by atoms with Crippen LogP contribution in [0.2, 0.25) is 0 Å². The number of carbonyl (C=O) groups is 2. The summed E-state index contributed by atoms with van der Waals surface area (Å²) in [5, 5.41) is 51.4. The van der Waals surface area contributed by atoms with Crippen LogP contribution in [0.5, 0.6) is 0 Å². The summed E-state index contributed by atoms with van der Waals surface area (Å²) in [7, 11) is 0. The van der Waals surface area contributed by atoms with E-state index in [4.69, 9.17) is 15.6 Å². The number of hydrogen-bond donors (Lipinski definition) is 7. The SMILES string of the molecule is CCOC(=O)C1(O)C[C@H](O)[C@](N)(NC(C)=O)[C@H]([C@H](O)[C@H](O)CO)O1. The van der Waals surface area contributed by atoms with Gasteiger partial charge in [-0.25, -0.2) is 4.79 Å². The Morgan fingerprint density at radius 3 is 2.50 bits per heavy atom. The van der Waals surface area contributed by atoms with E-state index in [-0.39, 0.29) is 6.61 Å². The minimum Gasteiger partial charge on any atom is -0.462 e. The van der Waals surface area contributed by atoms with Crippen molar-refractivity contribution in [2.45, 2.75) is 56.1 Å². The maximum absolute atomic E-state index is 11.9. The lowest BCUT2D eigenvalue weighted by Gasteiger charge is -2.50. The van der Waals surface area contributed by atoms with E-state index >= 15 is 0 Å². The van der Waals surface area contributed by atoms with Crippen LogP contribution in [0.4, 0.5) is 0 Å². The molecule has 0 aromatic rings. The zero-order valence-corrected chi connectivity index (χ0v) is 13.4. The molecular weight excluding hydrogens is 328 g/mol. The fourth-order valence-corrected chi connectivity index (χ4v) is 2.47. The summed E-state index contributed by atoms with van der Waals surface area (Å²) in [6.07, 6.45) is -8.04. The topological polar surface area (TPSA) is 192 Å². The highest BCUT2D eigenvalue weighted by Gasteiger charge is 2.60. The molecule has 1 saturated heterocycles. The average Bonchev–Trinajstić information content (AvgIpc) is 2.49. The van der Waals surface area contributed by atoms with Gasteiger partial charge in [0.2, 0.25) is 5.91 Å². The van der Waals surface area contributed by atoms with Crippen molar-refractivity contribution >= 4 is 11.9 Å². The Morgan fingerprint density at radius 2 is 2.04 bits per heavy atom. The maximum Gasteiger partial charge on any atom is 0.366 e. The molecule has 1 aliphatic heterocycles. The second kappa shape index (κ2) is 7.70. The molecule has 11 nitrogen and oxygen atoms in total. The molecule has 0 aliphatic carbocycles. The van der Waals surface area contributed by atoms with Gasteiger partial charge in [-0.15, -0.1) is 0 Å². The molecular formula is C13H24N2O9. The molecule has 11 heteroatoms. The minimum atomic E-state index is -2.66. The van der Waals surface area contributed by atoms with Crippen molar-refractivity contribution in [2.24, 2.45) is 5.73 Å².